The summed E-state index contributed by atoms with van der Waals surface area (Å²) in [5, 5.41) is 25.7. The Hall–Kier alpha value is -3.37. The van der Waals surface area contributed by atoms with E-state index < -0.39 is 89.8 Å². The predicted molar refractivity (Wildman–Crippen MR) is 191 cm³/mol. The molecule has 2 N–H and O–H groups in total. The molecule has 0 radical (unpaired) electrons. The zero-order valence-corrected chi connectivity index (χ0v) is 32.9. The number of aliphatic hydroxyl groups excluding tert-OH is 1. The van der Waals surface area contributed by atoms with Crippen molar-refractivity contribution in [2.24, 2.45) is 28.8 Å². The van der Waals surface area contributed by atoms with Crippen molar-refractivity contribution in [1.29, 1.82) is 0 Å². The average Bonchev–Trinajstić information content (AvgIpc) is 3.43. The molecule has 14 atom stereocenters. The summed E-state index contributed by atoms with van der Waals surface area (Å²) < 4.78 is 43.1. The van der Waals surface area contributed by atoms with E-state index in [-0.39, 0.29) is 37.1 Å². The molecule has 4 heterocycles. The minimum Gasteiger partial charge on any atom is -0.461 e. The molecule has 0 spiro atoms. The molecule has 3 fully saturated rings. The fourth-order valence-electron chi connectivity index (χ4n) is 8.46. The van der Waals surface area contributed by atoms with Crippen molar-refractivity contribution in [3.8, 4) is 0 Å². The van der Waals surface area contributed by atoms with Crippen molar-refractivity contribution < 1.29 is 57.9 Å². The third-order valence-corrected chi connectivity index (χ3v) is 11.4. The SMILES string of the molecule is CC[C@H]1OC(=O)[C@H](C)[C@@H](OC(=O)Cc2cccnc2)[C@H](C)[C@@H](O[C@@H]2O[C@H](C)C[C@H](N(C)C)[C@H]2O)[C@@](C)(OC)C[C@@H](C)/C(=N\O)[C@H](C)[C@H]2OC(=O)O[C@@]21C. The van der Waals surface area contributed by atoms with Gasteiger partial charge in [0.15, 0.2) is 18.0 Å². The molecule has 0 bridgehead atoms. The van der Waals surface area contributed by atoms with Crippen LogP contribution in [0.4, 0.5) is 4.79 Å². The van der Waals surface area contributed by atoms with Crippen molar-refractivity contribution in [2.45, 2.75) is 141 Å². The van der Waals surface area contributed by atoms with Crippen LogP contribution in [0, 0.1) is 23.7 Å². The summed E-state index contributed by atoms with van der Waals surface area (Å²) >= 11 is 0. The number of fused-ring (bicyclic) bond motifs is 1. The van der Waals surface area contributed by atoms with Crippen LogP contribution in [0.25, 0.3) is 0 Å². The highest BCUT2D eigenvalue weighted by atomic mass is 16.8. The highest BCUT2D eigenvalue weighted by Gasteiger charge is 2.59. The molecular formula is C38H59N3O12. The minimum atomic E-state index is -1.46. The summed E-state index contributed by atoms with van der Waals surface area (Å²) in [5.41, 5.74) is -1.80. The summed E-state index contributed by atoms with van der Waals surface area (Å²) in [6, 6.07) is 3.16. The first-order chi connectivity index (χ1) is 24.9. The molecule has 1 aromatic rings. The largest absolute Gasteiger partial charge is 0.509 e. The van der Waals surface area contributed by atoms with Crippen LogP contribution in [0.15, 0.2) is 29.7 Å². The molecule has 0 unspecified atom stereocenters. The van der Waals surface area contributed by atoms with Gasteiger partial charge in [0.2, 0.25) is 0 Å². The van der Waals surface area contributed by atoms with Gasteiger partial charge in [-0.05, 0) is 72.7 Å². The molecule has 4 rings (SSSR count). The van der Waals surface area contributed by atoms with Crippen LogP contribution in [-0.4, -0.2) is 125 Å². The molecule has 1 aromatic heterocycles. The lowest BCUT2D eigenvalue weighted by molar-refractivity contribution is -0.301. The second kappa shape index (κ2) is 17.4. The zero-order valence-electron chi connectivity index (χ0n) is 32.9. The maximum atomic E-state index is 14.2. The monoisotopic (exact) mass is 749 g/mol. The number of hydrogen-bond acceptors (Lipinski definition) is 15. The average molecular weight is 750 g/mol. The molecule has 298 valence electrons. The van der Waals surface area contributed by atoms with Gasteiger partial charge in [-0.15, -0.1) is 0 Å². The Bertz CT molecular complexity index is 1450. The Kier molecular flexibility index (Phi) is 13.9. The second-order valence-electron chi connectivity index (χ2n) is 15.6. The third-order valence-electron chi connectivity index (χ3n) is 11.4. The van der Waals surface area contributed by atoms with Crippen molar-refractivity contribution in [3.63, 3.8) is 0 Å². The zero-order chi connectivity index (χ0) is 39.4. The standard InChI is InChI=1S/C38H59N3O12/c1-12-27-38(8)33(52-36(45)53-38)22(4)29(40-46)20(2)18-37(7,47-11)32(51-35-30(43)26(41(9)10)16-21(3)48-35)23(5)31(24(6)34(44)49-27)50-28(42)17-25-14-13-15-39-19-25/h13-15,19-24,26-27,30-33,35,43,46H,12,16-18H2,1-11H3/b40-29+/t20-,21-,22+,23+,24-,26+,27-,30-,31+,32-,33-,35+,37+,38-/m1/s1. The number of carbonyl (C=O) groups excluding carboxylic acids is 3. The first-order valence-electron chi connectivity index (χ1n) is 18.5. The van der Waals surface area contributed by atoms with Crippen molar-refractivity contribution in [3.05, 3.63) is 30.1 Å². The molecule has 3 saturated heterocycles. The molecule has 0 aliphatic carbocycles. The van der Waals surface area contributed by atoms with E-state index in [2.05, 4.69) is 10.1 Å². The number of carbonyl (C=O) groups is 3. The number of oxime groups is 1. The van der Waals surface area contributed by atoms with E-state index in [1.54, 1.807) is 59.1 Å². The Morgan fingerprint density at radius 3 is 2.40 bits per heavy atom. The lowest BCUT2D eigenvalue weighted by atomic mass is 9.73. The van der Waals surface area contributed by atoms with Gasteiger partial charge < -0.3 is 48.4 Å². The third kappa shape index (κ3) is 9.13. The van der Waals surface area contributed by atoms with Gasteiger partial charge in [0.1, 0.15) is 18.3 Å². The van der Waals surface area contributed by atoms with E-state index >= 15 is 0 Å². The van der Waals surface area contributed by atoms with Crippen molar-refractivity contribution >= 4 is 23.8 Å². The van der Waals surface area contributed by atoms with Gasteiger partial charge in [0, 0.05) is 43.3 Å². The second-order valence-corrected chi connectivity index (χ2v) is 15.6. The topological polar surface area (TPSA) is 185 Å². The molecule has 53 heavy (non-hydrogen) atoms. The Morgan fingerprint density at radius 2 is 1.81 bits per heavy atom. The number of aromatic nitrogens is 1. The smallest absolute Gasteiger partial charge is 0.461 e. The minimum absolute atomic E-state index is 0.117. The summed E-state index contributed by atoms with van der Waals surface area (Å²) in [6.07, 6.45) is -3.50. The molecule has 0 aromatic carbocycles. The number of likely N-dealkylation sites (N-methyl/N-ethyl adjacent to an activating group) is 1. The van der Waals surface area contributed by atoms with Crippen molar-refractivity contribution in [1.82, 2.24) is 9.88 Å². The number of rotatable bonds is 8. The molecule has 0 saturated carbocycles. The van der Waals surface area contributed by atoms with Gasteiger partial charge in [-0.2, -0.15) is 0 Å². The Morgan fingerprint density at radius 1 is 1.11 bits per heavy atom. The fourth-order valence-corrected chi connectivity index (χ4v) is 8.46. The number of esters is 2. The van der Waals surface area contributed by atoms with E-state index in [0.717, 1.165) is 0 Å². The highest BCUT2D eigenvalue weighted by molar-refractivity contribution is 5.89. The molecule has 0 amide bonds. The van der Waals surface area contributed by atoms with E-state index in [0.29, 0.717) is 12.0 Å². The van der Waals surface area contributed by atoms with E-state index in [1.165, 1.54) is 7.11 Å². The van der Waals surface area contributed by atoms with Gasteiger partial charge in [0.05, 0.1) is 35.9 Å². The lowest BCUT2D eigenvalue weighted by Gasteiger charge is -2.48. The van der Waals surface area contributed by atoms with Crippen LogP contribution in [0.3, 0.4) is 0 Å². The van der Waals surface area contributed by atoms with Crippen LogP contribution in [0.2, 0.25) is 0 Å². The highest BCUT2D eigenvalue weighted by Crippen LogP contribution is 2.43. The number of methoxy groups -OCH3 is 1. The summed E-state index contributed by atoms with van der Waals surface area (Å²) in [4.78, 5) is 46.6. The quantitative estimate of drug-likeness (QED) is 0.167. The molecular weight excluding hydrogens is 690 g/mol. The maximum Gasteiger partial charge on any atom is 0.509 e. The maximum absolute atomic E-state index is 14.2. The molecule has 3 aliphatic heterocycles. The van der Waals surface area contributed by atoms with Crippen LogP contribution in [-0.2, 0) is 49.2 Å². The summed E-state index contributed by atoms with van der Waals surface area (Å²) in [6.45, 7) is 14.1. The number of ether oxygens (including phenoxy) is 7. The summed E-state index contributed by atoms with van der Waals surface area (Å²) in [7, 11) is 5.26. The number of nitrogens with zero attached hydrogens (tertiary/aromatic N) is 3. The molecule has 15 nitrogen and oxygen atoms in total. The van der Waals surface area contributed by atoms with Gasteiger partial charge in [-0.25, -0.2) is 4.79 Å². The van der Waals surface area contributed by atoms with E-state index in [9.17, 15) is 24.7 Å². The van der Waals surface area contributed by atoms with Crippen LogP contribution in [0.5, 0.6) is 0 Å². The number of aliphatic hydroxyl groups is 1. The van der Waals surface area contributed by atoms with Crippen molar-refractivity contribution in [2.75, 3.05) is 21.2 Å². The van der Waals surface area contributed by atoms with Gasteiger partial charge >= 0.3 is 18.1 Å². The predicted octanol–water partition coefficient (Wildman–Crippen LogP) is 4.15. The number of hydrogen-bond donors (Lipinski definition) is 2. The van der Waals surface area contributed by atoms with Gasteiger partial charge in [-0.3, -0.25) is 14.6 Å². The first kappa shape index (κ1) is 42.4. The van der Waals surface area contributed by atoms with Crippen LogP contribution >= 0.6 is 0 Å². The first-order valence-corrected chi connectivity index (χ1v) is 18.5. The van der Waals surface area contributed by atoms with Gasteiger partial charge in [0.25, 0.3) is 0 Å². The molecule has 15 heteroatoms. The summed E-state index contributed by atoms with van der Waals surface area (Å²) in [5.74, 6) is -4.39. The fraction of sp³-hybridized carbons (Fsp3) is 0.763. The number of pyridine rings is 1. The molecule has 3 aliphatic rings. The van der Waals surface area contributed by atoms with E-state index in [4.69, 9.17) is 33.2 Å². The van der Waals surface area contributed by atoms with E-state index in [1.807, 2.05) is 39.8 Å². The van der Waals surface area contributed by atoms with Crippen LogP contribution in [0.1, 0.15) is 80.2 Å². The van der Waals surface area contributed by atoms with Crippen LogP contribution < -0.4 is 0 Å². The Balaban J connectivity index is 1.87. The lowest BCUT2D eigenvalue weighted by Crippen LogP contribution is -2.60. The Labute approximate surface area is 312 Å². The number of cyclic esters (lactones) is 1. The normalized spacial score (nSPS) is 40.8. The van der Waals surface area contributed by atoms with Gasteiger partial charge in [-0.1, -0.05) is 38.9 Å².